The number of rotatable bonds is 8. The maximum absolute atomic E-state index is 11.0. The molecule has 0 bridgehead atoms. The van der Waals surface area contributed by atoms with Gasteiger partial charge in [0, 0.05) is 32.9 Å². The van der Waals surface area contributed by atoms with Gasteiger partial charge in [-0.25, -0.2) is 4.79 Å². The Hall–Kier alpha value is -2.70. The Labute approximate surface area is 182 Å². The lowest BCUT2D eigenvalue weighted by atomic mass is 10.1. The van der Waals surface area contributed by atoms with Crippen LogP contribution in [-0.4, -0.2) is 18.2 Å². The number of benzene rings is 3. The predicted octanol–water partition coefficient (Wildman–Crippen LogP) is 6.00. The number of aromatic carboxylic acids is 1. The fourth-order valence-electron chi connectivity index (χ4n) is 2.75. The third kappa shape index (κ3) is 5.22. The minimum absolute atomic E-state index is 0.238. The second-order valence-corrected chi connectivity index (χ2v) is 7.44. The van der Waals surface area contributed by atoms with E-state index < -0.39 is 5.97 Å². The molecule has 29 heavy (non-hydrogen) atoms. The molecule has 2 N–H and O–H groups in total. The summed E-state index contributed by atoms with van der Waals surface area (Å²) in [6, 6.07) is 17.8. The maximum Gasteiger partial charge on any atom is 0.335 e. The molecule has 0 amide bonds. The fourth-order valence-corrected chi connectivity index (χ4v) is 3.40. The topological polar surface area (TPSA) is 67.8 Å². The summed E-state index contributed by atoms with van der Waals surface area (Å²) < 4.78 is 12.4. The second kappa shape index (κ2) is 9.67. The van der Waals surface area contributed by atoms with Crippen LogP contribution in [0, 0.1) is 0 Å². The summed E-state index contributed by atoms with van der Waals surface area (Å²) in [5, 5.41) is 12.9. The van der Waals surface area contributed by atoms with E-state index in [1.807, 2.05) is 36.4 Å². The molecule has 5 nitrogen and oxygen atoms in total. The molecule has 0 aromatic heterocycles. The molecule has 7 heteroatoms. The number of methoxy groups -OCH3 is 1. The molecule has 0 unspecified atom stereocenters. The van der Waals surface area contributed by atoms with Gasteiger partial charge in [0.2, 0.25) is 0 Å². The fraction of sp³-hybridized carbons (Fsp3) is 0.136. The SMILES string of the molecule is COc1ccc(Br)c(CNc2ccc(C(=O)O)cc2)c1OCc1ccccc1Cl. The molecule has 0 aliphatic carbocycles. The van der Waals surface area contributed by atoms with Crippen molar-refractivity contribution >= 4 is 39.2 Å². The van der Waals surface area contributed by atoms with E-state index in [1.165, 1.54) is 0 Å². The van der Waals surface area contributed by atoms with Crippen molar-refractivity contribution in [2.75, 3.05) is 12.4 Å². The number of hydrogen-bond donors (Lipinski definition) is 2. The molecular weight excluding hydrogens is 458 g/mol. The average Bonchev–Trinajstić information content (AvgIpc) is 2.73. The van der Waals surface area contributed by atoms with Crippen molar-refractivity contribution in [2.24, 2.45) is 0 Å². The van der Waals surface area contributed by atoms with Crippen LogP contribution >= 0.6 is 27.5 Å². The van der Waals surface area contributed by atoms with Crippen molar-refractivity contribution in [3.63, 3.8) is 0 Å². The monoisotopic (exact) mass is 475 g/mol. The van der Waals surface area contributed by atoms with Crippen LogP contribution in [0.4, 0.5) is 5.69 Å². The van der Waals surface area contributed by atoms with Gasteiger partial charge in [-0.15, -0.1) is 0 Å². The summed E-state index contributed by atoms with van der Waals surface area (Å²) in [5.41, 5.74) is 2.78. The summed E-state index contributed by atoms with van der Waals surface area (Å²) in [6.45, 7) is 0.745. The first-order valence-corrected chi connectivity index (χ1v) is 9.95. The summed E-state index contributed by atoms with van der Waals surface area (Å²) in [4.78, 5) is 11.0. The molecule has 0 fully saturated rings. The van der Waals surface area contributed by atoms with Crippen LogP contribution in [0.25, 0.3) is 0 Å². The highest BCUT2D eigenvalue weighted by molar-refractivity contribution is 9.10. The molecule has 3 aromatic carbocycles. The zero-order valence-corrected chi connectivity index (χ0v) is 18.0. The maximum atomic E-state index is 11.0. The quantitative estimate of drug-likeness (QED) is 0.417. The summed E-state index contributed by atoms with van der Waals surface area (Å²) in [6.07, 6.45) is 0. The first-order valence-electron chi connectivity index (χ1n) is 8.78. The first-order chi connectivity index (χ1) is 14.0. The molecule has 150 valence electrons. The molecule has 0 radical (unpaired) electrons. The molecule has 0 heterocycles. The van der Waals surface area contributed by atoms with Crippen molar-refractivity contribution in [1.82, 2.24) is 0 Å². The van der Waals surface area contributed by atoms with Crippen LogP contribution < -0.4 is 14.8 Å². The Bertz CT molecular complexity index is 1010. The van der Waals surface area contributed by atoms with Gasteiger partial charge in [0.25, 0.3) is 0 Å². The summed E-state index contributed by atoms with van der Waals surface area (Å²) in [7, 11) is 1.59. The third-order valence-electron chi connectivity index (χ3n) is 4.32. The lowest BCUT2D eigenvalue weighted by Crippen LogP contribution is -2.06. The number of halogens is 2. The van der Waals surface area contributed by atoms with Crippen molar-refractivity contribution in [2.45, 2.75) is 13.2 Å². The number of hydrogen-bond acceptors (Lipinski definition) is 4. The molecule has 0 atom stereocenters. The van der Waals surface area contributed by atoms with Gasteiger partial charge in [-0.1, -0.05) is 45.7 Å². The molecular formula is C22H19BrClNO4. The Balaban J connectivity index is 1.81. The Morgan fingerprint density at radius 1 is 1.10 bits per heavy atom. The van der Waals surface area contributed by atoms with Gasteiger partial charge in [0.1, 0.15) is 6.61 Å². The summed E-state index contributed by atoms with van der Waals surface area (Å²) in [5.74, 6) is 0.261. The smallest absolute Gasteiger partial charge is 0.335 e. The zero-order chi connectivity index (χ0) is 20.8. The lowest BCUT2D eigenvalue weighted by Gasteiger charge is -2.18. The largest absolute Gasteiger partial charge is 0.493 e. The van der Waals surface area contributed by atoms with Gasteiger partial charge in [-0.2, -0.15) is 0 Å². The van der Waals surface area contributed by atoms with E-state index in [1.54, 1.807) is 31.4 Å². The van der Waals surface area contributed by atoms with Crippen LogP contribution in [0.5, 0.6) is 11.5 Å². The van der Waals surface area contributed by atoms with Crippen LogP contribution in [-0.2, 0) is 13.2 Å². The van der Waals surface area contributed by atoms with Crippen LogP contribution in [0.15, 0.2) is 65.1 Å². The number of nitrogens with one attached hydrogen (secondary N) is 1. The molecule has 0 spiro atoms. The van der Waals surface area contributed by atoms with Gasteiger partial charge in [-0.05, 0) is 42.5 Å². The van der Waals surface area contributed by atoms with E-state index in [0.717, 1.165) is 21.3 Å². The van der Waals surface area contributed by atoms with Gasteiger partial charge in [0.05, 0.1) is 12.7 Å². The zero-order valence-electron chi connectivity index (χ0n) is 15.6. The van der Waals surface area contributed by atoms with E-state index in [4.69, 9.17) is 26.2 Å². The van der Waals surface area contributed by atoms with Crippen LogP contribution in [0.2, 0.25) is 5.02 Å². The number of carboxylic acid groups (broad SMARTS) is 1. The molecule has 0 saturated heterocycles. The molecule has 0 aliphatic rings. The number of anilines is 1. The van der Waals surface area contributed by atoms with Crippen molar-refractivity contribution < 1.29 is 19.4 Å². The van der Waals surface area contributed by atoms with Crippen molar-refractivity contribution in [3.8, 4) is 11.5 Å². The van der Waals surface area contributed by atoms with Gasteiger partial charge < -0.3 is 19.9 Å². The van der Waals surface area contributed by atoms with E-state index in [2.05, 4.69) is 21.2 Å². The highest BCUT2D eigenvalue weighted by atomic mass is 79.9. The number of carbonyl (C=O) groups is 1. The lowest BCUT2D eigenvalue weighted by molar-refractivity contribution is 0.0697. The van der Waals surface area contributed by atoms with Gasteiger partial charge in [0.15, 0.2) is 11.5 Å². The summed E-state index contributed by atoms with van der Waals surface area (Å²) >= 11 is 9.81. The van der Waals surface area contributed by atoms with Gasteiger partial charge >= 0.3 is 5.97 Å². The first kappa shape index (κ1) is 21.0. The molecule has 3 rings (SSSR count). The van der Waals surface area contributed by atoms with E-state index in [-0.39, 0.29) is 5.56 Å². The highest BCUT2D eigenvalue weighted by Crippen LogP contribution is 2.37. The molecule has 3 aromatic rings. The number of carboxylic acids is 1. The predicted molar refractivity (Wildman–Crippen MR) is 117 cm³/mol. The van der Waals surface area contributed by atoms with Crippen molar-refractivity contribution in [3.05, 3.63) is 86.8 Å². The highest BCUT2D eigenvalue weighted by Gasteiger charge is 2.15. The number of ether oxygens (including phenoxy) is 2. The third-order valence-corrected chi connectivity index (χ3v) is 5.43. The Kier molecular flexibility index (Phi) is 7.01. The minimum atomic E-state index is -0.956. The van der Waals surface area contributed by atoms with Crippen LogP contribution in [0.1, 0.15) is 21.5 Å². The molecule has 0 aliphatic heterocycles. The molecule has 0 saturated carbocycles. The van der Waals surface area contributed by atoms with E-state index in [9.17, 15) is 4.79 Å². The van der Waals surface area contributed by atoms with E-state index in [0.29, 0.717) is 29.7 Å². The normalized spacial score (nSPS) is 10.4. The standard InChI is InChI=1S/C22H19BrClNO4/c1-28-20-11-10-18(23)17(12-25-16-8-6-14(7-9-16)22(26)27)21(20)29-13-15-4-2-3-5-19(15)24/h2-11,25H,12-13H2,1H3,(H,26,27). The Morgan fingerprint density at radius 2 is 1.83 bits per heavy atom. The second-order valence-electron chi connectivity index (χ2n) is 6.17. The minimum Gasteiger partial charge on any atom is -0.493 e. The average molecular weight is 477 g/mol. The Morgan fingerprint density at radius 3 is 2.48 bits per heavy atom. The van der Waals surface area contributed by atoms with E-state index >= 15 is 0 Å². The van der Waals surface area contributed by atoms with Crippen LogP contribution in [0.3, 0.4) is 0 Å². The van der Waals surface area contributed by atoms with Crippen molar-refractivity contribution in [1.29, 1.82) is 0 Å². The van der Waals surface area contributed by atoms with Gasteiger partial charge in [-0.3, -0.25) is 0 Å².